The van der Waals surface area contributed by atoms with Gasteiger partial charge in [-0.2, -0.15) is 13.2 Å². The first-order valence-electron chi connectivity index (χ1n) is 5.13. The average molecular weight is 301 g/mol. The summed E-state index contributed by atoms with van der Waals surface area (Å²) in [5.41, 5.74) is -0.144. The second-order valence-electron chi connectivity index (χ2n) is 3.88. The topological polar surface area (TPSA) is 21.8 Å². The maximum absolute atomic E-state index is 12.9. The first-order chi connectivity index (χ1) is 8.38. The minimum absolute atomic E-state index is 0.0680. The molecule has 2 nitrogen and oxygen atoms in total. The number of rotatable bonds is 4. The fourth-order valence-electron chi connectivity index (χ4n) is 1.44. The minimum atomic E-state index is -4.54. The van der Waals surface area contributed by atoms with Crippen LogP contribution < -0.4 is 0 Å². The van der Waals surface area contributed by atoms with Gasteiger partial charge >= 0.3 is 6.18 Å². The third kappa shape index (κ3) is 3.51. The molecule has 0 radical (unpaired) electrons. The Balaban J connectivity index is 2.20. The average Bonchev–Trinajstić information content (AvgIpc) is 3.03. The predicted molar refractivity (Wildman–Crippen MR) is 61.0 cm³/mol. The van der Waals surface area contributed by atoms with Crippen molar-refractivity contribution in [3.05, 3.63) is 33.8 Å². The zero-order chi connectivity index (χ0) is 13.3. The lowest BCUT2D eigenvalue weighted by Gasteiger charge is -2.21. The molecule has 0 aromatic heterocycles. The summed E-state index contributed by atoms with van der Waals surface area (Å²) in [4.78, 5) is 0. The van der Waals surface area contributed by atoms with Gasteiger partial charge in [0.2, 0.25) is 0 Å². The normalized spacial score (nSPS) is 20.8. The van der Waals surface area contributed by atoms with Crippen LogP contribution >= 0.6 is 23.2 Å². The summed E-state index contributed by atoms with van der Waals surface area (Å²) >= 11 is 11.4. The van der Waals surface area contributed by atoms with E-state index in [1.54, 1.807) is 0 Å². The van der Waals surface area contributed by atoms with Gasteiger partial charge in [-0.3, -0.25) is 0 Å². The molecule has 100 valence electrons. The highest BCUT2D eigenvalue weighted by atomic mass is 35.5. The molecule has 0 spiro atoms. The Labute approximate surface area is 112 Å². The van der Waals surface area contributed by atoms with E-state index >= 15 is 0 Å². The van der Waals surface area contributed by atoms with Gasteiger partial charge in [0.1, 0.15) is 6.10 Å². The SMILES string of the molecule is FC(F)(F)[C@@H](OC[C@@H]1CO1)c1ccc(Cl)cc1Cl. The van der Waals surface area contributed by atoms with Crippen LogP contribution in [-0.2, 0) is 9.47 Å². The third-order valence-electron chi connectivity index (χ3n) is 2.39. The summed E-state index contributed by atoms with van der Waals surface area (Å²) in [5.74, 6) is 0. The van der Waals surface area contributed by atoms with Crippen LogP contribution in [-0.4, -0.2) is 25.5 Å². The van der Waals surface area contributed by atoms with E-state index in [1.165, 1.54) is 18.2 Å². The van der Waals surface area contributed by atoms with Crippen molar-refractivity contribution < 1.29 is 22.6 Å². The van der Waals surface area contributed by atoms with E-state index < -0.39 is 12.3 Å². The number of ether oxygens (including phenoxy) is 2. The molecule has 18 heavy (non-hydrogen) atoms. The summed E-state index contributed by atoms with van der Waals surface area (Å²) in [5, 5.41) is 0.205. The molecule has 1 heterocycles. The lowest BCUT2D eigenvalue weighted by Crippen LogP contribution is -2.25. The highest BCUT2D eigenvalue weighted by Gasteiger charge is 2.44. The molecule has 1 aliphatic heterocycles. The molecule has 1 aliphatic rings. The second-order valence-corrected chi connectivity index (χ2v) is 4.72. The monoisotopic (exact) mass is 300 g/mol. The number of epoxide rings is 1. The van der Waals surface area contributed by atoms with E-state index in [2.05, 4.69) is 0 Å². The lowest BCUT2D eigenvalue weighted by molar-refractivity contribution is -0.224. The van der Waals surface area contributed by atoms with Crippen LogP contribution in [0.2, 0.25) is 10.0 Å². The van der Waals surface area contributed by atoms with E-state index in [4.69, 9.17) is 32.7 Å². The quantitative estimate of drug-likeness (QED) is 0.784. The molecular formula is C11H9Cl2F3O2. The van der Waals surface area contributed by atoms with Crippen molar-refractivity contribution in [2.24, 2.45) is 0 Å². The highest BCUT2D eigenvalue weighted by Crippen LogP contribution is 2.40. The Hall–Kier alpha value is -0.490. The summed E-state index contributed by atoms with van der Waals surface area (Å²) < 4.78 is 48.4. The number of alkyl halides is 3. The van der Waals surface area contributed by atoms with Gasteiger partial charge in [-0.05, 0) is 12.1 Å². The number of halogens is 5. The van der Waals surface area contributed by atoms with Crippen molar-refractivity contribution in [1.29, 1.82) is 0 Å². The van der Waals surface area contributed by atoms with Gasteiger partial charge in [0.25, 0.3) is 0 Å². The lowest BCUT2D eigenvalue weighted by atomic mass is 10.1. The Morgan fingerprint density at radius 2 is 2.06 bits per heavy atom. The van der Waals surface area contributed by atoms with E-state index in [0.717, 1.165) is 0 Å². The van der Waals surface area contributed by atoms with Crippen molar-refractivity contribution in [2.45, 2.75) is 18.4 Å². The Bertz CT molecular complexity index is 433. The summed E-state index contributed by atoms with van der Waals surface area (Å²) in [6.07, 6.45) is -6.85. The van der Waals surface area contributed by atoms with E-state index in [1.807, 2.05) is 0 Å². The molecule has 1 aromatic rings. The summed E-state index contributed by atoms with van der Waals surface area (Å²) in [6, 6.07) is 3.82. The van der Waals surface area contributed by atoms with Crippen molar-refractivity contribution in [1.82, 2.24) is 0 Å². The zero-order valence-corrected chi connectivity index (χ0v) is 10.5. The largest absolute Gasteiger partial charge is 0.418 e. The Morgan fingerprint density at radius 1 is 1.39 bits per heavy atom. The predicted octanol–water partition coefficient (Wildman–Crippen LogP) is 4.01. The maximum atomic E-state index is 12.9. The van der Waals surface area contributed by atoms with E-state index in [-0.39, 0.29) is 28.3 Å². The standard InChI is InChI=1S/C11H9Cl2F3O2/c12-6-1-2-8(9(13)3-6)10(11(14,15)16)18-5-7-4-17-7/h1-3,7,10H,4-5H2/t7-,10-/m0/s1. The number of benzene rings is 1. The zero-order valence-electron chi connectivity index (χ0n) is 9.01. The van der Waals surface area contributed by atoms with Gasteiger partial charge in [0.15, 0.2) is 6.10 Å². The fourth-order valence-corrected chi connectivity index (χ4v) is 1.95. The van der Waals surface area contributed by atoms with Crippen molar-refractivity contribution >= 4 is 23.2 Å². The van der Waals surface area contributed by atoms with Gasteiger partial charge in [-0.15, -0.1) is 0 Å². The van der Waals surface area contributed by atoms with Gasteiger partial charge in [0, 0.05) is 15.6 Å². The van der Waals surface area contributed by atoms with Crippen LogP contribution in [0.1, 0.15) is 11.7 Å². The summed E-state index contributed by atoms with van der Waals surface area (Å²) in [7, 11) is 0. The molecule has 0 aliphatic carbocycles. The Morgan fingerprint density at radius 3 is 2.56 bits per heavy atom. The fraction of sp³-hybridized carbons (Fsp3) is 0.455. The van der Waals surface area contributed by atoms with Crippen LogP contribution in [0.15, 0.2) is 18.2 Å². The second kappa shape index (κ2) is 5.25. The van der Waals surface area contributed by atoms with Gasteiger partial charge in [-0.1, -0.05) is 29.3 Å². The Kier molecular flexibility index (Phi) is 4.06. The van der Waals surface area contributed by atoms with Gasteiger partial charge in [0.05, 0.1) is 13.2 Å². The van der Waals surface area contributed by atoms with Crippen LogP contribution in [0.5, 0.6) is 0 Å². The number of hydrogen-bond donors (Lipinski definition) is 0. The maximum Gasteiger partial charge on any atom is 0.418 e. The number of hydrogen-bond acceptors (Lipinski definition) is 2. The van der Waals surface area contributed by atoms with Crippen molar-refractivity contribution in [2.75, 3.05) is 13.2 Å². The van der Waals surface area contributed by atoms with Crippen LogP contribution in [0.3, 0.4) is 0 Å². The first kappa shape index (κ1) is 13.9. The molecule has 0 amide bonds. The third-order valence-corrected chi connectivity index (χ3v) is 2.96. The van der Waals surface area contributed by atoms with Crippen LogP contribution in [0.4, 0.5) is 13.2 Å². The summed E-state index contributed by atoms with van der Waals surface area (Å²) in [6.45, 7) is 0.321. The van der Waals surface area contributed by atoms with E-state index in [0.29, 0.717) is 6.61 Å². The van der Waals surface area contributed by atoms with Crippen molar-refractivity contribution in [3.63, 3.8) is 0 Å². The molecule has 2 atom stereocenters. The highest BCUT2D eigenvalue weighted by molar-refractivity contribution is 6.35. The molecule has 1 aromatic carbocycles. The molecular weight excluding hydrogens is 292 g/mol. The molecule has 1 saturated heterocycles. The van der Waals surface area contributed by atoms with Crippen LogP contribution in [0.25, 0.3) is 0 Å². The molecule has 0 N–H and O–H groups in total. The molecule has 0 saturated carbocycles. The van der Waals surface area contributed by atoms with Gasteiger partial charge in [-0.25, -0.2) is 0 Å². The molecule has 0 bridgehead atoms. The molecule has 1 fully saturated rings. The first-order valence-corrected chi connectivity index (χ1v) is 5.88. The molecule has 7 heteroatoms. The van der Waals surface area contributed by atoms with Crippen molar-refractivity contribution in [3.8, 4) is 0 Å². The van der Waals surface area contributed by atoms with E-state index in [9.17, 15) is 13.2 Å². The minimum Gasteiger partial charge on any atom is -0.371 e. The van der Waals surface area contributed by atoms with Gasteiger partial charge < -0.3 is 9.47 Å². The molecule has 0 unspecified atom stereocenters. The smallest absolute Gasteiger partial charge is 0.371 e. The van der Waals surface area contributed by atoms with Crippen LogP contribution in [0, 0.1) is 0 Å². The molecule has 2 rings (SSSR count).